The fraction of sp³-hybridized carbons (Fsp3) is 0.125. The number of hydrogen-bond donors (Lipinski definition) is 1. The lowest BCUT2D eigenvalue weighted by Gasteiger charge is -2.17. The zero-order valence-electron chi connectivity index (χ0n) is 11.5. The molecule has 2 aromatic carbocycles. The quantitative estimate of drug-likeness (QED) is 0.884. The summed E-state index contributed by atoms with van der Waals surface area (Å²) in [6.45, 7) is 0. The SMILES string of the molecule is O=C([O-])c1cccc(NN=C2CCSc3ccc(F)cc32)c1. The van der Waals surface area contributed by atoms with Crippen molar-refractivity contribution in [1.82, 2.24) is 0 Å². The van der Waals surface area contributed by atoms with E-state index in [0.717, 1.165) is 21.9 Å². The Bertz CT molecular complexity index is 762. The number of carbonyl (C=O) groups excluding carboxylic acids is 1. The second-order valence-electron chi connectivity index (χ2n) is 4.78. The van der Waals surface area contributed by atoms with E-state index in [4.69, 9.17) is 0 Å². The third-order valence-corrected chi connectivity index (χ3v) is 4.34. The van der Waals surface area contributed by atoms with Gasteiger partial charge in [-0.1, -0.05) is 12.1 Å². The van der Waals surface area contributed by atoms with Crippen LogP contribution in [0.4, 0.5) is 10.1 Å². The van der Waals surface area contributed by atoms with Gasteiger partial charge in [-0.15, -0.1) is 11.8 Å². The van der Waals surface area contributed by atoms with E-state index in [-0.39, 0.29) is 11.4 Å². The molecule has 4 nitrogen and oxygen atoms in total. The lowest BCUT2D eigenvalue weighted by molar-refractivity contribution is -0.255. The number of rotatable bonds is 3. The number of nitrogens with one attached hydrogen (secondary N) is 1. The number of hydrogen-bond acceptors (Lipinski definition) is 5. The predicted octanol–water partition coefficient (Wildman–Crippen LogP) is 2.50. The molecule has 0 atom stereocenters. The molecular formula is C16H12FN2O2S-. The van der Waals surface area contributed by atoms with Gasteiger partial charge in [-0.3, -0.25) is 5.43 Å². The molecular weight excluding hydrogens is 303 g/mol. The zero-order valence-corrected chi connectivity index (χ0v) is 12.3. The highest BCUT2D eigenvalue weighted by atomic mass is 32.2. The molecule has 0 aliphatic carbocycles. The first-order valence-electron chi connectivity index (χ1n) is 6.70. The Hall–Kier alpha value is -2.34. The van der Waals surface area contributed by atoms with E-state index in [9.17, 15) is 14.3 Å². The normalized spacial score (nSPS) is 15.4. The molecule has 0 fully saturated rings. The van der Waals surface area contributed by atoms with Crippen molar-refractivity contribution in [1.29, 1.82) is 0 Å². The topological polar surface area (TPSA) is 64.5 Å². The Labute approximate surface area is 131 Å². The Balaban J connectivity index is 1.87. The van der Waals surface area contributed by atoms with Gasteiger partial charge >= 0.3 is 0 Å². The molecule has 0 saturated heterocycles. The number of thioether (sulfide) groups is 1. The third-order valence-electron chi connectivity index (χ3n) is 3.27. The number of aromatic carboxylic acids is 1. The Morgan fingerprint density at radius 3 is 2.95 bits per heavy atom. The van der Waals surface area contributed by atoms with Crippen LogP contribution in [0.15, 0.2) is 52.5 Å². The van der Waals surface area contributed by atoms with Crippen LogP contribution in [0.25, 0.3) is 0 Å². The van der Waals surface area contributed by atoms with E-state index < -0.39 is 5.97 Å². The van der Waals surface area contributed by atoms with Gasteiger partial charge in [0.2, 0.25) is 0 Å². The predicted molar refractivity (Wildman–Crippen MR) is 82.7 cm³/mol. The van der Waals surface area contributed by atoms with Crippen LogP contribution in [0.3, 0.4) is 0 Å². The molecule has 0 aromatic heterocycles. The van der Waals surface area contributed by atoms with Gasteiger partial charge < -0.3 is 9.90 Å². The van der Waals surface area contributed by atoms with Gasteiger partial charge in [0.05, 0.1) is 17.4 Å². The van der Waals surface area contributed by atoms with E-state index in [1.54, 1.807) is 30.0 Å². The average Bonchev–Trinajstić information content (AvgIpc) is 2.53. The molecule has 6 heteroatoms. The summed E-state index contributed by atoms with van der Waals surface area (Å²) >= 11 is 1.67. The van der Waals surface area contributed by atoms with Crippen LogP contribution in [0.2, 0.25) is 0 Å². The molecule has 3 rings (SSSR count). The molecule has 1 N–H and O–H groups in total. The van der Waals surface area contributed by atoms with Crippen molar-refractivity contribution in [3.63, 3.8) is 0 Å². The third kappa shape index (κ3) is 3.12. The number of carbonyl (C=O) groups is 1. The maximum Gasteiger partial charge on any atom is 0.123 e. The number of carboxylic acids is 1. The van der Waals surface area contributed by atoms with Crippen LogP contribution < -0.4 is 10.5 Å². The van der Waals surface area contributed by atoms with Crippen LogP contribution in [-0.4, -0.2) is 17.4 Å². The molecule has 0 radical (unpaired) electrons. The van der Waals surface area contributed by atoms with Crippen molar-refractivity contribution in [2.75, 3.05) is 11.2 Å². The molecule has 1 aliphatic heterocycles. The Morgan fingerprint density at radius 1 is 1.27 bits per heavy atom. The highest BCUT2D eigenvalue weighted by molar-refractivity contribution is 7.99. The molecule has 1 heterocycles. The van der Waals surface area contributed by atoms with E-state index in [1.807, 2.05) is 0 Å². The standard InChI is InChI=1S/C16H13FN2O2S/c17-11-4-5-15-13(9-11)14(6-7-22-15)19-18-12-3-1-2-10(8-12)16(20)21/h1-5,8-9,18H,6-7H2,(H,20,21)/p-1. The monoisotopic (exact) mass is 315 g/mol. The second-order valence-corrected chi connectivity index (χ2v) is 5.91. The van der Waals surface area contributed by atoms with Gasteiger partial charge in [0.15, 0.2) is 0 Å². The first-order chi connectivity index (χ1) is 10.6. The first-order valence-corrected chi connectivity index (χ1v) is 7.69. The minimum atomic E-state index is -1.24. The largest absolute Gasteiger partial charge is 0.545 e. The number of hydrazone groups is 1. The fourth-order valence-electron chi connectivity index (χ4n) is 2.21. The van der Waals surface area contributed by atoms with Crippen molar-refractivity contribution in [2.45, 2.75) is 11.3 Å². The molecule has 1 aliphatic rings. The van der Waals surface area contributed by atoms with Crippen LogP contribution >= 0.6 is 11.8 Å². The highest BCUT2D eigenvalue weighted by Gasteiger charge is 2.16. The fourth-order valence-corrected chi connectivity index (χ4v) is 3.22. The van der Waals surface area contributed by atoms with Gasteiger partial charge in [0.25, 0.3) is 0 Å². The molecule has 0 amide bonds. The van der Waals surface area contributed by atoms with Crippen molar-refractivity contribution < 1.29 is 14.3 Å². The van der Waals surface area contributed by atoms with Gasteiger partial charge in [0, 0.05) is 22.6 Å². The van der Waals surface area contributed by atoms with Crippen LogP contribution in [0.5, 0.6) is 0 Å². The number of fused-ring (bicyclic) bond motifs is 1. The summed E-state index contributed by atoms with van der Waals surface area (Å²) in [5.41, 5.74) is 5.00. The zero-order chi connectivity index (χ0) is 15.5. The summed E-state index contributed by atoms with van der Waals surface area (Å²) in [6, 6.07) is 10.9. The van der Waals surface area contributed by atoms with Crippen LogP contribution in [0.1, 0.15) is 22.3 Å². The van der Waals surface area contributed by atoms with Crippen molar-refractivity contribution >= 4 is 29.1 Å². The summed E-state index contributed by atoms with van der Waals surface area (Å²) < 4.78 is 13.4. The van der Waals surface area contributed by atoms with E-state index >= 15 is 0 Å². The Morgan fingerprint density at radius 2 is 2.14 bits per heavy atom. The number of benzene rings is 2. The van der Waals surface area contributed by atoms with E-state index in [1.165, 1.54) is 24.3 Å². The first kappa shape index (κ1) is 14.6. The molecule has 0 saturated carbocycles. The molecule has 0 spiro atoms. The maximum absolute atomic E-state index is 13.4. The minimum absolute atomic E-state index is 0.0795. The number of nitrogens with zero attached hydrogens (tertiary/aromatic N) is 1. The highest BCUT2D eigenvalue weighted by Crippen LogP contribution is 2.30. The van der Waals surface area contributed by atoms with E-state index in [0.29, 0.717) is 12.1 Å². The van der Waals surface area contributed by atoms with Crippen molar-refractivity contribution in [2.24, 2.45) is 5.10 Å². The second kappa shape index (κ2) is 6.19. The number of carboxylic acid groups (broad SMARTS) is 1. The molecule has 0 unspecified atom stereocenters. The summed E-state index contributed by atoms with van der Waals surface area (Å²) in [4.78, 5) is 11.8. The number of anilines is 1. The maximum atomic E-state index is 13.4. The lowest BCUT2D eigenvalue weighted by Crippen LogP contribution is -2.22. The molecule has 112 valence electrons. The summed E-state index contributed by atoms with van der Waals surface area (Å²) in [6.07, 6.45) is 0.717. The van der Waals surface area contributed by atoms with Gasteiger partial charge in [-0.05, 0) is 35.9 Å². The number of halogens is 1. The van der Waals surface area contributed by atoms with E-state index in [2.05, 4.69) is 10.5 Å². The average molecular weight is 315 g/mol. The molecule has 0 bridgehead atoms. The van der Waals surface area contributed by atoms with Crippen LogP contribution in [-0.2, 0) is 0 Å². The van der Waals surface area contributed by atoms with Crippen molar-refractivity contribution in [3.05, 3.63) is 59.4 Å². The molecule has 2 aromatic rings. The summed E-state index contributed by atoms with van der Waals surface area (Å²) in [5, 5.41) is 15.2. The van der Waals surface area contributed by atoms with Gasteiger partial charge in [-0.2, -0.15) is 5.10 Å². The van der Waals surface area contributed by atoms with Crippen LogP contribution in [0, 0.1) is 5.82 Å². The minimum Gasteiger partial charge on any atom is -0.545 e. The lowest BCUT2D eigenvalue weighted by atomic mass is 10.1. The Kier molecular flexibility index (Phi) is 4.11. The van der Waals surface area contributed by atoms with Crippen molar-refractivity contribution in [3.8, 4) is 0 Å². The summed E-state index contributed by atoms with van der Waals surface area (Å²) in [5.74, 6) is -0.663. The smallest absolute Gasteiger partial charge is 0.123 e. The molecule has 22 heavy (non-hydrogen) atoms. The van der Waals surface area contributed by atoms with Gasteiger partial charge in [0.1, 0.15) is 5.82 Å². The van der Waals surface area contributed by atoms with Gasteiger partial charge in [-0.25, -0.2) is 4.39 Å². The summed E-state index contributed by atoms with van der Waals surface area (Å²) in [7, 11) is 0.